The molecule has 0 bridgehead atoms. The summed E-state index contributed by atoms with van der Waals surface area (Å²) >= 11 is 0. The molecular weight excluding hydrogens is 285 g/mol. The van der Waals surface area contributed by atoms with Crippen molar-refractivity contribution in [2.45, 2.75) is 31.9 Å². The van der Waals surface area contributed by atoms with Gasteiger partial charge in [0, 0.05) is 6.61 Å². The Bertz CT molecular complexity index is 644. The molecule has 2 heterocycles. The van der Waals surface area contributed by atoms with Crippen LogP contribution < -0.4 is 5.32 Å². The summed E-state index contributed by atoms with van der Waals surface area (Å²) in [7, 11) is 0. The molecule has 0 aliphatic carbocycles. The van der Waals surface area contributed by atoms with Crippen LogP contribution in [0.25, 0.3) is 0 Å². The van der Waals surface area contributed by atoms with Gasteiger partial charge in [0.05, 0.1) is 24.0 Å². The van der Waals surface area contributed by atoms with Crippen LogP contribution in [0, 0.1) is 12.7 Å². The topological polar surface area (TPSA) is 51.5 Å². The second-order valence-electron chi connectivity index (χ2n) is 5.44. The number of halogens is 1. The molecule has 0 unspecified atom stereocenters. The van der Waals surface area contributed by atoms with E-state index < -0.39 is 0 Å². The zero-order valence-electron chi connectivity index (χ0n) is 12.3. The molecule has 0 saturated carbocycles. The first kappa shape index (κ1) is 14.8. The van der Waals surface area contributed by atoms with Crippen LogP contribution in [0.4, 0.5) is 4.39 Å². The van der Waals surface area contributed by atoms with E-state index in [-0.39, 0.29) is 23.9 Å². The minimum absolute atomic E-state index is 0.0957. The maximum atomic E-state index is 13.1. The lowest BCUT2D eigenvalue weighted by atomic mass is 9.98. The predicted octanol–water partition coefficient (Wildman–Crippen LogP) is 3.38. The van der Waals surface area contributed by atoms with E-state index in [0.29, 0.717) is 17.9 Å². The van der Waals surface area contributed by atoms with Crippen molar-refractivity contribution in [3.8, 4) is 0 Å². The maximum Gasteiger partial charge on any atom is 0.255 e. The van der Waals surface area contributed by atoms with Crippen molar-refractivity contribution in [2.75, 3.05) is 6.61 Å². The molecular formula is C17H18FNO3. The van der Waals surface area contributed by atoms with Crippen molar-refractivity contribution >= 4 is 5.91 Å². The van der Waals surface area contributed by atoms with Crippen LogP contribution in [-0.4, -0.2) is 18.6 Å². The van der Waals surface area contributed by atoms with Gasteiger partial charge in [-0.1, -0.05) is 12.1 Å². The lowest BCUT2D eigenvalue weighted by Gasteiger charge is -2.24. The summed E-state index contributed by atoms with van der Waals surface area (Å²) < 4.78 is 24.0. The Kier molecular flexibility index (Phi) is 4.24. The number of carbonyl (C=O) groups excluding carboxylic acids is 1. The largest absolute Gasteiger partial charge is 0.469 e. The van der Waals surface area contributed by atoms with Crippen molar-refractivity contribution in [2.24, 2.45) is 0 Å². The molecule has 116 valence electrons. The number of amides is 1. The average Bonchev–Trinajstić information content (AvgIpc) is 3.17. The molecule has 1 aliphatic heterocycles. The van der Waals surface area contributed by atoms with Gasteiger partial charge in [0.1, 0.15) is 11.6 Å². The van der Waals surface area contributed by atoms with Crippen molar-refractivity contribution in [1.82, 2.24) is 5.32 Å². The Labute approximate surface area is 128 Å². The van der Waals surface area contributed by atoms with Crippen molar-refractivity contribution in [3.05, 3.63) is 59.3 Å². The van der Waals surface area contributed by atoms with Gasteiger partial charge in [-0.15, -0.1) is 0 Å². The lowest BCUT2D eigenvalue weighted by molar-refractivity contribution is 0.0671. The lowest BCUT2D eigenvalue weighted by Crippen LogP contribution is -2.36. The molecule has 1 N–H and O–H groups in total. The SMILES string of the molecule is Cc1occc1C(=O)N[C@@H](c1ccc(F)cc1)[C@@H]1CCCO1. The van der Waals surface area contributed by atoms with E-state index in [9.17, 15) is 9.18 Å². The van der Waals surface area contributed by atoms with E-state index in [1.54, 1.807) is 25.1 Å². The highest BCUT2D eigenvalue weighted by Crippen LogP contribution is 2.27. The van der Waals surface area contributed by atoms with E-state index >= 15 is 0 Å². The van der Waals surface area contributed by atoms with Gasteiger partial charge in [0.15, 0.2) is 0 Å². The number of hydrogen-bond acceptors (Lipinski definition) is 3. The van der Waals surface area contributed by atoms with Crippen LogP contribution in [-0.2, 0) is 4.74 Å². The molecule has 2 aromatic rings. The number of nitrogens with one attached hydrogen (secondary N) is 1. The summed E-state index contributed by atoms with van der Waals surface area (Å²) in [6.45, 7) is 2.43. The highest BCUT2D eigenvalue weighted by molar-refractivity contribution is 5.95. The van der Waals surface area contributed by atoms with Gasteiger partial charge in [-0.3, -0.25) is 4.79 Å². The highest BCUT2D eigenvalue weighted by atomic mass is 19.1. The number of rotatable bonds is 4. The second-order valence-corrected chi connectivity index (χ2v) is 5.44. The Morgan fingerprint density at radius 3 is 2.68 bits per heavy atom. The fourth-order valence-corrected chi connectivity index (χ4v) is 2.77. The molecule has 1 aliphatic rings. The summed E-state index contributed by atoms with van der Waals surface area (Å²) in [5.41, 5.74) is 1.34. The highest BCUT2D eigenvalue weighted by Gasteiger charge is 2.29. The van der Waals surface area contributed by atoms with E-state index in [2.05, 4.69) is 5.32 Å². The Balaban J connectivity index is 1.84. The quantitative estimate of drug-likeness (QED) is 0.942. The number of benzene rings is 1. The van der Waals surface area contributed by atoms with Gasteiger partial charge >= 0.3 is 0 Å². The summed E-state index contributed by atoms with van der Waals surface area (Å²) in [4.78, 5) is 12.4. The molecule has 4 nitrogen and oxygen atoms in total. The molecule has 1 saturated heterocycles. The number of hydrogen-bond donors (Lipinski definition) is 1. The van der Waals surface area contributed by atoms with Crippen molar-refractivity contribution < 1.29 is 18.3 Å². The van der Waals surface area contributed by atoms with Gasteiger partial charge < -0.3 is 14.5 Å². The Morgan fingerprint density at radius 1 is 1.32 bits per heavy atom. The first-order valence-electron chi connectivity index (χ1n) is 7.37. The average molecular weight is 303 g/mol. The monoisotopic (exact) mass is 303 g/mol. The first-order valence-corrected chi connectivity index (χ1v) is 7.37. The van der Waals surface area contributed by atoms with Gasteiger partial charge in [0.2, 0.25) is 0 Å². The molecule has 3 rings (SSSR count). The Morgan fingerprint density at radius 2 is 2.09 bits per heavy atom. The normalized spacial score (nSPS) is 19.1. The number of aryl methyl sites for hydroxylation is 1. The molecule has 2 atom stereocenters. The zero-order valence-corrected chi connectivity index (χ0v) is 12.3. The van der Waals surface area contributed by atoms with E-state index in [0.717, 1.165) is 18.4 Å². The summed E-state index contributed by atoms with van der Waals surface area (Å²) in [5, 5.41) is 2.99. The molecule has 1 aromatic heterocycles. The summed E-state index contributed by atoms with van der Waals surface area (Å²) in [6.07, 6.45) is 3.22. The standard InChI is InChI=1S/C17H18FNO3/c1-11-14(8-10-21-11)17(20)19-16(15-3-2-9-22-15)12-4-6-13(18)7-5-12/h4-8,10,15-16H,2-3,9H2,1H3,(H,19,20)/t15-,16-/m0/s1. The maximum absolute atomic E-state index is 13.1. The number of ether oxygens (including phenoxy) is 1. The number of carbonyl (C=O) groups is 1. The van der Waals surface area contributed by atoms with E-state index in [4.69, 9.17) is 9.15 Å². The molecule has 0 spiro atoms. The third kappa shape index (κ3) is 3.04. The van der Waals surface area contributed by atoms with Crippen LogP contribution >= 0.6 is 0 Å². The fourth-order valence-electron chi connectivity index (χ4n) is 2.77. The van der Waals surface area contributed by atoms with Crippen molar-refractivity contribution in [3.63, 3.8) is 0 Å². The molecule has 5 heteroatoms. The zero-order chi connectivity index (χ0) is 15.5. The third-order valence-electron chi connectivity index (χ3n) is 3.96. The van der Waals surface area contributed by atoms with Crippen LogP contribution in [0.3, 0.4) is 0 Å². The third-order valence-corrected chi connectivity index (χ3v) is 3.96. The van der Waals surface area contributed by atoms with E-state index in [1.165, 1.54) is 18.4 Å². The fraction of sp³-hybridized carbons (Fsp3) is 0.353. The van der Waals surface area contributed by atoms with Crippen LogP contribution in [0.2, 0.25) is 0 Å². The molecule has 0 radical (unpaired) electrons. The van der Waals surface area contributed by atoms with Crippen LogP contribution in [0.1, 0.15) is 40.6 Å². The van der Waals surface area contributed by atoms with Gasteiger partial charge in [-0.25, -0.2) is 4.39 Å². The minimum atomic E-state index is -0.301. The molecule has 1 amide bonds. The van der Waals surface area contributed by atoms with Crippen LogP contribution in [0.15, 0.2) is 41.0 Å². The summed E-state index contributed by atoms with van der Waals surface area (Å²) in [5.74, 6) is 0.0608. The first-order chi connectivity index (χ1) is 10.6. The minimum Gasteiger partial charge on any atom is -0.469 e. The number of furan rings is 1. The van der Waals surface area contributed by atoms with Crippen molar-refractivity contribution in [1.29, 1.82) is 0 Å². The smallest absolute Gasteiger partial charge is 0.255 e. The van der Waals surface area contributed by atoms with Gasteiger partial charge in [-0.2, -0.15) is 0 Å². The van der Waals surface area contributed by atoms with E-state index in [1.807, 2.05) is 0 Å². The summed E-state index contributed by atoms with van der Waals surface area (Å²) in [6, 6.07) is 7.50. The second kappa shape index (κ2) is 6.32. The van der Waals surface area contributed by atoms with Crippen LogP contribution in [0.5, 0.6) is 0 Å². The van der Waals surface area contributed by atoms with Gasteiger partial charge in [-0.05, 0) is 43.5 Å². The van der Waals surface area contributed by atoms with Gasteiger partial charge in [0.25, 0.3) is 5.91 Å². The predicted molar refractivity (Wildman–Crippen MR) is 79.0 cm³/mol. The molecule has 22 heavy (non-hydrogen) atoms. The molecule has 1 fully saturated rings. The Hall–Kier alpha value is -2.14. The molecule has 1 aromatic carbocycles.